The van der Waals surface area contributed by atoms with Gasteiger partial charge in [-0.3, -0.25) is 9.59 Å². The van der Waals surface area contributed by atoms with Crippen molar-refractivity contribution < 1.29 is 14.0 Å². The molecule has 1 aliphatic heterocycles. The molecule has 4 heterocycles. The Morgan fingerprint density at radius 3 is 2.62 bits per heavy atom. The molecule has 0 radical (unpaired) electrons. The molecule has 1 fully saturated rings. The topological polar surface area (TPSA) is 78.4 Å². The van der Waals surface area contributed by atoms with Gasteiger partial charge < -0.3 is 15.1 Å². The van der Waals surface area contributed by atoms with Gasteiger partial charge in [0.25, 0.3) is 5.91 Å². The monoisotopic (exact) mass is 433 g/mol. The van der Waals surface area contributed by atoms with Crippen LogP contribution in [0, 0.1) is 11.9 Å². The SMILES string of the molecule is CN(C)C(=O)C1CCN(c2nc3sc(C(=O)Nc4ccc(F)nc4)cc3s2)CC1. The standard InChI is InChI=1S/C19H20FN5O2S2/c1-24(2)18(27)11-5-7-25(8-6-11)19-23-17-14(29-19)9-13(28-17)16(26)22-12-3-4-15(20)21-10-12/h3-4,9-11H,5-8H2,1-2H3,(H,22,26). The van der Waals surface area contributed by atoms with Gasteiger partial charge in [0, 0.05) is 33.1 Å². The molecule has 29 heavy (non-hydrogen) atoms. The summed E-state index contributed by atoms with van der Waals surface area (Å²) in [6, 6.07) is 4.50. The highest BCUT2D eigenvalue weighted by Crippen LogP contribution is 2.36. The lowest BCUT2D eigenvalue weighted by atomic mass is 9.96. The van der Waals surface area contributed by atoms with Crippen LogP contribution in [0.3, 0.4) is 0 Å². The van der Waals surface area contributed by atoms with Crippen LogP contribution < -0.4 is 10.2 Å². The number of piperidine rings is 1. The Morgan fingerprint density at radius 1 is 1.24 bits per heavy atom. The van der Waals surface area contributed by atoms with Gasteiger partial charge in [0.15, 0.2) is 5.13 Å². The number of amides is 2. The van der Waals surface area contributed by atoms with Crippen LogP contribution in [0.4, 0.5) is 15.2 Å². The van der Waals surface area contributed by atoms with E-state index in [2.05, 4.69) is 20.2 Å². The van der Waals surface area contributed by atoms with E-state index in [1.54, 1.807) is 30.3 Å². The number of carbonyl (C=O) groups is 2. The predicted molar refractivity (Wildman–Crippen MR) is 113 cm³/mol. The minimum atomic E-state index is -0.591. The molecule has 3 aromatic heterocycles. The zero-order valence-electron chi connectivity index (χ0n) is 16.0. The van der Waals surface area contributed by atoms with Crippen molar-refractivity contribution in [2.75, 3.05) is 37.4 Å². The van der Waals surface area contributed by atoms with Crippen molar-refractivity contribution in [1.82, 2.24) is 14.9 Å². The molecule has 152 valence electrons. The van der Waals surface area contributed by atoms with E-state index in [1.807, 2.05) is 6.07 Å². The van der Waals surface area contributed by atoms with Crippen LogP contribution in [-0.2, 0) is 4.79 Å². The molecular formula is C19H20FN5O2S2. The van der Waals surface area contributed by atoms with Crippen LogP contribution in [0.5, 0.6) is 0 Å². The summed E-state index contributed by atoms with van der Waals surface area (Å²) in [5.41, 5.74) is 0.442. The molecule has 0 bridgehead atoms. The molecule has 7 nitrogen and oxygen atoms in total. The molecule has 0 saturated carbocycles. The number of halogens is 1. The van der Waals surface area contributed by atoms with E-state index in [1.165, 1.54) is 29.7 Å². The lowest BCUT2D eigenvalue weighted by Crippen LogP contribution is -2.40. The summed E-state index contributed by atoms with van der Waals surface area (Å²) in [6.45, 7) is 1.60. The van der Waals surface area contributed by atoms with Crippen molar-refractivity contribution in [3.05, 3.63) is 35.2 Å². The second-order valence-electron chi connectivity index (χ2n) is 7.09. The number of nitrogens with one attached hydrogen (secondary N) is 1. The number of thiophene rings is 1. The average Bonchev–Trinajstić information content (AvgIpc) is 3.28. The number of carbonyl (C=O) groups excluding carboxylic acids is 2. The van der Waals surface area contributed by atoms with E-state index >= 15 is 0 Å². The third kappa shape index (κ3) is 4.23. The fourth-order valence-electron chi connectivity index (χ4n) is 3.30. The number of anilines is 2. The van der Waals surface area contributed by atoms with Crippen molar-refractivity contribution >= 4 is 54.8 Å². The van der Waals surface area contributed by atoms with E-state index in [0.29, 0.717) is 10.6 Å². The van der Waals surface area contributed by atoms with Crippen molar-refractivity contribution in [3.8, 4) is 0 Å². The summed E-state index contributed by atoms with van der Waals surface area (Å²) >= 11 is 2.88. The maximum absolute atomic E-state index is 12.9. The lowest BCUT2D eigenvalue weighted by molar-refractivity contribution is -0.133. The average molecular weight is 434 g/mol. The van der Waals surface area contributed by atoms with Gasteiger partial charge in [0.2, 0.25) is 11.9 Å². The number of aromatic nitrogens is 2. The third-order valence-corrected chi connectivity index (χ3v) is 7.06. The number of thiazole rings is 1. The normalized spacial score (nSPS) is 14.9. The van der Waals surface area contributed by atoms with Crippen LogP contribution in [0.1, 0.15) is 22.5 Å². The highest BCUT2D eigenvalue weighted by molar-refractivity contribution is 7.29. The van der Waals surface area contributed by atoms with Crippen molar-refractivity contribution in [2.45, 2.75) is 12.8 Å². The fourth-order valence-corrected chi connectivity index (χ4v) is 5.45. The highest BCUT2D eigenvalue weighted by Gasteiger charge is 2.27. The van der Waals surface area contributed by atoms with Crippen LogP contribution in [0.2, 0.25) is 0 Å². The molecule has 4 rings (SSSR count). The number of hydrogen-bond acceptors (Lipinski definition) is 7. The molecular weight excluding hydrogens is 413 g/mol. The maximum atomic E-state index is 12.9. The molecule has 0 aromatic carbocycles. The molecule has 1 aliphatic rings. The minimum absolute atomic E-state index is 0.0820. The molecule has 0 spiro atoms. The molecule has 10 heteroatoms. The van der Waals surface area contributed by atoms with Crippen molar-refractivity contribution in [2.24, 2.45) is 5.92 Å². The van der Waals surface area contributed by atoms with Gasteiger partial charge in [-0.1, -0.05) is 11.3 Å². The molecule has 1 N–H and O–H groups in total. The van der Waals surface area contributed by atoms with Crippen LogP contribution in [-0.4, -0.2) is 53.9 Å². The fraction of sp³-hybridized carbons (Fsp3) is 0.368. The van der Waals surface area contributed by atoms with E-state index in [4.69, 9.17) is 0 Å². The van der Waals surface area contributed by atoms with Crippen LogP contribution >= 0.6 is 22.7 Å². The van der Waals surface area contributed by atoms with E-state index < -0.39 is 5.95 Å². The molecule has 0 atom stereocenters. The van der Waals surface area contributed by atoms with Gasteiger partial charge >= 0.3 is 0 Å². The summed E-state index contributed by atoms with van der Waals surface area (Å²) in [7, 11) is 3.59. The van der Waals surface area contributed by atoms with Crippen molar-refractivity contribution in [3.63, 3.8) is 0 Å². The minimum Gasteiger partial charge on any atom is -0.349 e. The molecule has 0 unspecified atom stereocenters. The van der Waals surface area contributed by atoms with E-state index in [-0.39, 0.29) is 17.7 Å². The second-order valence-corrected chi connectivity index (χ2v) is 9.13. The zero-order chi connectivity index (χ0) is 20.5. The summed E-state index contributed by atoms with van der Waals surface area (Å²) in [4.78, 5) is 38.0. The van der Waals surface area contributed by atoms with Gasteiger partial charge in [-0.15, -0.1) is 11.3 Å². The van der Waals surface area contributed by atoms with Crippen LogP contribution in [0.25, 0.3) is 9.53 Å². The Kier molecular flexibility index (Phi) is 5.46. The third-order valence-electron chi connectivity index (χ3n) is 4.84. The summed E-state index contributed by atoms with van der Waals surface area (Å²) in [5, 5.41) is 3.64. The van der Waals surface area contributed by atoms with Crippen LogP contribution in [0.15, 0.2) is 24.4 Å². The van der Waals surface area contributed by atoms with E-state index in [9.17, 15) is 14.0 Å². The smallest absolute Gasteiger partial charge is 0.265 e. The van der Waals surface area contributed by atoms with Gasteiger partial charge in [0.05, 0.1) is 21.5 Å². The van der Waals surface area contributed by atoms with Gasteiger partial charge in [-0.05, 0) is 31.0 Å². The summed E-state index contributed by atoms with van der Waals surface area (Å²) in [6.07, 6.45) is 2.93. The number of pyridine rings is 1. The number of fused-ring (bicyclic) bond motifs is 1. The first-order chi connectivity index (χ1) is 13.9. The maximum Gasteiger partial charge on any atom is 0.265 e. The number of rotatable bonds is 4. The Labute approximate surface area is 175 Å². The van der Waals surface area contributed by atoms with Gasteiger partial charge in [-0.25, -0.2) is 9.97 Å². The second kappa shape index (κ2) is 8.03. The summed E-state index contributed by atoms with van der Waals surface area (Å²) < 4.78 is 13.8. The molecule has 1 saturated heterocycles. The Balaban J connectivity index is 1.41. The largest absolute Gasteiger partial charge is 0.349 e. The van der Waals surface area contributed by atoms with Gasteiger partial charge in [0.1, 0.15) is 4.83 Å². The summed E-state index contributed by atoms with van der Waals surface area (Å²) in [5.74, 6) is -0.583. The Hall–Kier alpha value is -2.59. The van der Waals surface area contributed by atoms with E-state index in [0.717, 1.165) is 40.6 Å². The first-order valence-corrected chi connectivity index (χ1v) is 10.8. The number of nitrogens with zero attached hydrogens (tertiary/aromatic N) is 4. The quantitative estimate of drug-likeness (QED) is 0.638. The molecule has 2 amide bonds. The molecule has 3 aromatic rings. The highest BCUT2D eigenvalue weighted by atomic mass is 32.1. The zero-order valence-corrected chi connectivity index (χ0v) is 17.6. The molecule has 0 aliphatic carbocycles. The Morgan fingerprint density at radius 2 is 2.00 bits per heavy atom. The Bertz CT molecular complexity index is 1010. The number of hydrogen-bond donors (Lipinski definition) is 1. The first kappa shape index (κ1) is 19.7. The lowest BCUT2D eigenvalue weighted by Gasteiger charge is -2.32. The van der Waals surface area contributed by atoms with Crippen molar-refractivity contribution in [1.29, 1.82) is 0 Å². The van der Waals surface area contributed by atoms with Gasteiger partial charge in [-0.2, -0.15) is 4.39 Å². The first-order valence-electron chi connectivity index (χ1n) is 9.20. The predicted octanol–water partition coefficient (Wildman–Crippen LogP) is 3.45.